The summed E-state index contributed by atoms with van der Waals surface area (Å²) in [4.78, 5) is 24.6. The van der Waals surface area contributed by atoms with Crippen molar-refractivity contribution in [3.8, 4) is 0 Å². The maximum atomic E-state index is 12.3. The van der Waals surface area contributed by atoms with Crippen molar-refractivity contribution in [3.05, 3.63) is 64.2 Å². The number of aromatic nitrogens is 2. The number of amides is 2. The Kier molecular flexibility index (Phi) is 6.66. The summed E-state index contributed by atoms with van der Waals surface area (Å²) in [5, 5.41) is 14.1. The van der Waals surface area contributed by atoms with Crippen LogP contribution in [0.5, 0.6) is 0 Å². The normalized spacial score (nSPS) is 10.6. The van der Waals surface area contributed by atoms with Crippen LogP contribution >= 0.6 is 23.1 Å². The van der Waals surface area contributed by atoms with Crippen LogP contribution in [0, 0.1) is 27.7 Å². The van der Waals surface area contributed by atoms with Crippen LogP contribution in [0.3, 0.4) is 0 Å². The SMILES string of the molecule is Cc1ccc(C(=O)Nc2nnc(SCC(=O)Nc3c(C)cc(C)cc3C)s2)cc1. The Labute approximate surface area is 178 Å². The number of rotatable bonds is 6. The van der Waals surface area contributed by atoms with E-state index >= 15 is 0 Å². The van der Waals surface area contributed by atoms with Crippen LogP contribution in [0.2, 0.25) is 0 Å². The second-order valence-corrected chi connectivity index (χ2v) is 9.00. The Morgan fingerprint density at radius 3 is 2.24 bits per heavy atom. The van der Waals surface area contributed by atoms with E-state index in [1.807, 2.05) is 52.0 Å². The second-order valence-electron chi connectivity index (χ2n) is 6.80. The van der Waals surface area contributed by atoms with Gasteiger partial charge in [0, 0.05) is 11.3 Å². The van der Waals surface area contributed by atoms with Crippen LogP contribution in [0.1, 0.15) is 32.6 Å². The van der Waals surface area contributed by atoms with Gasteiger partial charge in [0.15, 0.2) is 4.34 Å². The van der Waals surface area contributed by atoms with E-state index in [2.05, 4.69) is 20.8 Å². The molecule has 0 aliphatic heterocycles. The Morgan fingerprint density at radius 1 is 0.931 bits per heavy atom. The second kappa shape index (κ2) is 9.19. The molecule has 1 aromatic heterocycles. The third-order valence-corrected chi connectivity index (χ3v) is 6.18. The first-order valence-electron chi connectivity index (χ1n) is 9.04. The summed E-state index contributed by atoms with van der Waals surface area (Å²) in [6, 6.07) is 11.4. The predicted octanol–water partition coefficient (Wildman–Crippen LogP) is 4.75. The van der Waals surface area contributed by atoms with Gasteiger partial charge < -0.3 is 5.32 Å². The van der Waals surface area contributed by atoms with Gasteiger partial charge in [-0.1, -0.05) is 58.5 Å². The highest BCUT2D eigenvalue weighted by molar-refractivity contribution is 8.01. The summed E-state index contributed by atoms with van der Waals surface area (Å²) in [6.07, 6.45) is 0. The number of carbonyl (C=O) groups excluding carboxylic acids is 2. The molecule has 0 radical (unpaired) electrons. The minimum Gasteiger partial charge on any atom is -0.325 e. The highest BCUT2D eigenvalue weighted by Crippen LogP contribution is 2.27. The number of benzene rings is 2. The molecule has 0 saturated heterocycles. The number of carbonyl (C=O) groups is 2. The van der Waals surface area contributed by atoms with Gasteiger partial charge >= 0.3 is 0 Å². The Bertz CT molecular complexity index is 1020. The summed E-state index contributed by atoms with van der Waals surface area (Å²) in [5.74, 6) is -0.126. The van der Waals surface area contributed by atoms with Crippen LogP contribution in [0.4, 0.5) is 10.8 Å². The molecule has 2 aromatic carbocycles. The van der Waals surface area contributed by atoms with E-state index in [-0.39, 0.29) is 17.6 Å². The predicted molar refractivity (Wildman–Crippen MR) is 119 cm³/mol. The van der Waals surface area contributed by atoms with E-state index in [1.165, 1.54) is 28.7 Å². The lowest BCUT2D eigenvalue weighted by Crippen LogP contribution is -2.15. The molecule has 3 aromatic rings. The number of hydrogen-bond acceptors (Lipinski definition) is 6. The van der Waals surface area contributed by atoms with Gasteiger partial charge in [-0.15, -0.1) is 10.2 Å². The minimum atomic E-state index is -0.235. The molecule has 2 N–H and O–H groups in total. The molecular weight excluding hydrogens is 404 g/mol. The van der Waals surface area contributed by atoms with E-state index in [9.17, 15) is 9.59 Å². The van der Waals surface area contributed by atoms with Crippen LogP contribution in [-0.2, 0) is 4.79 Å². The zero-order chi connectivity index (χ0) is 21.0. The molecule has 0 aliphatic rings. The minimum absolute atomic E-state index is 0.106. The van der Waals surface area contributed by atoms with Crippen molar-refractivity contribution in [2.24, 2.45) is 0 Å². The molecule has 0 atom stereocenters. The molecule has 0 fully saturated rings. The molecule has 150 valence electrons. The summed E-state index contributed by atoms with van der Waals surface area (Å²) in [5.41, 5.74) is 5.75. The standard InChI is InChI=1S/C21H22N4O2S2/c1-12-5-7-16(8-6-12)19(27)23-20-24-25-21(29-20)28-11-17(26)22-18-14(3)9-13(2)10-15(18)4/h5-10H,11H2,1-4H3,(H,22,26)(H,23,24,27). The zero-order valence-corrected chi connectivity index (χ0v) is 18.3. The average Bonchev–Trinajstić information content (AvgIpc) is 3.11. The highest BCUT2D eigenvalue weighted by Gasteiger charge is 2.13. The molecular formula is C21H22N4O2S2. The van der Waals surface area contributed by atoms with Gasteiger partial charge in [-0.25, -0.2) is 0 Å². The molecule has 29 heavy (non-hydrogen) atoms. The fourth-order valence-electron chi connectivity index (χ4n) is 2.87. The van der Waals surface area contributed by atoms with Crippen molar-refractivity contribution in [1.82, 2.24) is 10.2 Å². The Balaban J connectivity index is 1.54. The molecule has 0 unspecified atom stereocenters. The van der Waals surface area contributed by atoms with Gasteiger partial charge in [-0.3, -0.25) is 14.9 Å². The third-order valence-electron chi connectivity index (χ3n) is 4.21. The van der Waals surface area contributed by atoms with Crippen LogP contribution in [-0.4, -0.2) is 27.8 Å². The lowest BCUT2D eigenvalue weighted by atomic mass is 10.1. The van der Waals surface area contributed by atoms with E-state index < -0.39 is 0 Å². The number of thioether (sulfide) groups is 1. The van der Waals surface area contributed by atoms with Crippen molar-refractivity contribution < 1.29 is 9.59 Å². The fourth-order valence-corrected chi connectivity index (χ4v) is 4.42. The molecule has 6 nitrogen and oxygen atoms in total. The van der Waals surface area contributed by atoms with E-state index in [1.54, 1.807) is 12.1 Å². The molecule has 1 heterocycles. The van der Waals surface area contributed by atoms with Gasteiger partial charge in [0.1, 0.15) is 0 Å². The molecule has 0 aliphatic carbocycles. The topological polar surface area (TPSA) is 84.0 Å². The quantitative estimate of drug-likeness (QED) is 0.439. The summed E-state index contributed by atoms with van der Waals surface area (Å²) in [6.45, 7) is 7.96. The monoisotopic (exact) mass is 426 g/mol. The Morgan fingerprint density at radius 2 is 1.59 bits per heavy atom. The number of hydrogen-bond donors (Lipinski definition) is 2. The highest BCUT2D eigenvalue weighted by atomic mass is 32.2. The maximum absolute atomic E-state index is 12.3. The number of nitrogens with one attached hydrogen (secondary N) is 2. The van der Waals surface area contributed by atoms with Crippen LogP contribution < -0.4 is 10.6 Å². The fraction of sp³-hybridized carbons (Fsp3) is 0.238. The molecule has 0 spiro atoms. The van der Waals surface area contributed by atoms with Gasteiger partial charge in [-0.05, 0) is 51.0 Å². The Hall–Kier alpha value is -2.71. The molecule has 0 saturated carbocycles. The van der Waals surface area contributed by atoms with E-state index in [0.717, 1.165) is 22.4 Å². The van der Waals surface area contributed by atoms with Crippen LogP contribution in [0.25, 0.3) is 0 Å². The van der Waals surface area contributed by atoms with Gasteiger partial charge in [0.2, 0.25) is 11.0 Å². The number of nitrogens with zero attached hydrogens (tertiary/aromatic N) is 2. The zero-order valence-electron chi connectivity index (χ0n) is 16.7. The largest absolute Gasteiger partial charge is 0.325 e. The molecule has 8 heteroatoms. The van der Waals surface area contributed by atoms with Crippen molar-refractivity contribution in [2.45, 2.75) is 32.0 Å². The maximum Gasteiger partial charge on any atom is 0.257 e. The van der Waals surface area contributed by atoms with E-state index in [0.29, 0.717) is 15.0 Å². The molecule has 0 bridgehead atoms. The van der Waals surface area contributed by atoms with Gasteiger partial charge in [-0.2, -0.15) is 0 Å². The smallest absolute Gasteiger partial charge is 0.257 e. The van der Waals surface area contributed by atoms with Crippen molar-refractivity contribution >= 4 is 45.7 Å². The average molecular weight is 427 g/mol. The number of anilines is 2. The van der Waals surface area contributed by atoms with Crippen LogP contribution in [0.15, 0.2) is 40.7 Å². The number of aryl methyl sites for hydroxylation is 4. The first kappa shape index (κ1) is 21.0. The van der Waals surface area contributed by atoms with Crippen molar-refractivity contribution in [3.63, 3.8) is 0 Å². The van der Waals surface area contributed by atoms with Gasteiger partial charge in [0.25, 0.3) is 5.91 Å². The summed E-state index contributed by atoms with van der Waals surface area (Å²) < 4.78 is 0.622. The van der Waals surface area contributed by atoms with Gasteiger partial charge in [0.05, 0.1) is 5.75 Å². The lowest BCUT2D eigenvalue weighted by molar-refractivity contribution is -0.113. The van der Waals surface area contributed by atoms with E-state index in [4.69, 9.17) is 0 Å². The van der Waals surface area contributed by atoms with Crippen molar-refractivity contribution in [1.29, 1.82) is 0 Å². The molecule has 2 amide bonds. The first-order valence-corrected chi connectivity index (χ1v) is 10.8. The third kappa shape index (κ3) is 5.65. The molecule has 3 rings (SSSR count). The lowest BCUT2D eigenvalue weighted by Gasteiger charge is -2.12. The first-order chi connectivity index (χ1) is 13.8. The summed E-state index contributed by atoms with van der Waals surface area (Å²) >= 11 is 2.53. The van der Waals surface area contributed by atoms with Crippen molar-refractivity contribution in [2.75, 3.05) is 16.4 Å². The summed E-state index contributed by atoms with van der Waals surface area (Å²) in [7, 11) is 0.